The maximum absolute atomic E-state index is 13.2. The van der Waals surface area contributed by atoms with E-state index in [1.54, 1.807) is 18.2 Å². The summed E-state index contributed by atoms with van der Waals surface area (Å²) in [5.74, 6) is -1.04. The first kappa shape index (κ1) is 23.3. The van der Waals surface area contributed by atoms with Gasteiger partial charge in [0.05, 0.1) is 16.5 Å². The first-order valence-electron chi connectivity index (χ1n) is 11.7. The Morgan fingerprint density at radius 1 is 1.08 bits per heavy atom. The van der Waals surface area contributed by atoms with E-state index >= 15 is 0 Å². The van der Waals surface area contributed by atoms with Crippen molar-refractivity contribution in [3.05, 3.63) is 111 Å². The van der Waals surface area contributed by atoms with Gasteiger partial charge in [0.25, 0.3) is 17.4 Å². The fourth-order valence-electron chi connectivity index (χ4n) is 4.85. The molecule has 2 atom stereocenters. The number of hydrogen-bond donors (Lipinski definition) is 1. The van der Waals surface area contributed by atoms with Crippen LogP contribution in [0.3, 0.4) is 0 Å². The summed E-state index contributed by atoms with van der Waals surface area (Å²) in [6.07, 6.45) is 1.19. The van der Waals surface area contributed by atoms with Gasteiger partial charge in [-0.15, -0.1) is 0 Å². The Hall–Kier alpha value is -4.46. The van der Waals surface area contributed by atoms with Crippen LogP contribution in [0.5, 0.6) is 5.75 Å². The van der Waals surface area contributed by atoms with Crippen molar-refractivity contribution in [2.75, 3.05) is 6.54 Å². The molecule has 0 aromatic heterocycles. The number of ketones is 1. The highest BCUT2D eigenvalue weighted by Crippen LogP contribution is 2.41. The van der Waals surface area contributed by atoms with E-state index in [2.05, 4.69) is 0 Å². The molecule has 0 saturated carbocycles. The maximum atomic E-state index is 13.2. The van der Waals surface area contributed by atoms with E-state index in [4.69, 9.17) is 4.74 Å². The topological polar surface area (TPSA) is 110 Å². The van der Waals surface area contributed by atoms with Gasteiger partial charge in [-0.25, -0.2) is 0 Å². The fraction of sp³-hybridized carbons (Fsp3) is 0.214. The van der Waals surface area contributed by atoms with Crippen molar-refractivity contribution in [2.45, 2.75) is 31.9 Å². The highest BCUT2D eigenvalue weighted by Gasteiger charge is 2.46. The summed E-state index contributed by atoms with van der Waals surface area (Å²) >= 11 is 0. The Morgan fingerprint density at radius 2 is 1.81 bits per heavy atom. The van der Waals surface area contributed by atoms with Gasteiger partial charge in [0.15, 0.2) is 0 Å². The molecule has 3 aromatic rings. The number of rotatable bonds is 6. The van der Waals surface area contributed by atoms with Gasteiger partial charge in [0.2, 0.25) is 0 Å². The first-order valence-corrected chi connectivity index (χ1v) is 11.7. The van der Waals surface area contributed by atoms with Crippen molar-refractivity contribution in [3.8, 4) is 5.75 Å². The normalized spacial score (nSPS) is 20.3. The van der Waals surface area contributed by atoms with Crippen LogP contribution in [0.25, 0.3) is 5.76 Å². The summed E-state index contributed by atoms with van der Waals surface area (Å²) < 4.78 is 5.74. The largest absolute Gasteiger partial charge is 0.507 e. The van der Waals surface area contributed by atoms with Gasteiger partial charge in [-0.2, -0.15) is 0 Å². The average Bonchev–Trinajstić information content (AvgIpc) is 3.38. The zero-order chi connectivity index (χ0) is 25.4. The van der Waals surface area contributed by atoms with Gasteiger partial charge in [-0.3, -0.25) is 19.7 Å². The quantitative estimate of drug-likeness (QED) is 0.180. The minimum Gasteiger partial charge on any atom is -0.507 e. The monoisotopic (exact) mass is 484 g/mol. The lowest BCUT2D eigenvalue weighted by molar-refractivity contribution is -0.384. The van der Waals surface area contributed by atoms with Crippen LogP contribution in [-0.2, 0) is 22.4 Å². The molecule has 2 heterocycles. The number of amides is 1. The minimum absolute atomic E-state index is 0.0149. The second-order valence-electron chi connectivity index (χ2n) is 9.03. The summed E-state index contributed by atoms with van der Waals surface area (Å²) in [7, 11) is 0. The third kappa shape index (κ3) is 4.22. The van der Waals surface area contributed by atoms with E-state index in [-0.39, 0.29) is 29.7 Å². The van der Waals surface area contributed by atoms with Crippen LogP contribution in [0.1, 0.15) is 35.2 Å². The molecule has 1 fully saturated rings. The average molecular weight is 485 g/mol. The molecule has 0 aliphatic carbocycles. The standard InChI is InChI=1S/C28H24N2O6/c1-17-15-21-16-20(9-12-23(21)36-17)26(31)24-25(19-7-10-22(11-8-19)30(34)35)29(28(33)27(24)32)14-13-18-5-3-2-4-6-18/h2-12,16-17,25,31H,13-15H2,1H3. The molecule has 0 spiro atoms. The van der Waals surface area contributed by atoms with E-state index in [1.807, 2.05) is 37.3 Å². The molecule has 8 heteroatoms. The van der Waals surface area contributed by atoms with Crippen LogP contribution >= 0.6 is 0 Å². The van der Waals surface area contributed by atoms with Crippen molar-refractivity contribution >= 4 is 23.1 Å². The molecule has 182 valence electrons. The van der Waals surface area contributed by atoms with E-state index in [0.717, 1.165) is 16.9 Å². The van der Waals surface area contributed by atoms with Crippen LogP contribution in [0, 0.1) is 10.1 Å². The Morgan fingerprint density at radius 3 is 2.50 bits per heavy atom. The molecule has 36 heavy (non-hydrogen) atoms. The number of carbonyl (C=O) groups excluding carboxylic acids is 2. The van der Waals surface area contributed by atoms with Crippen molar-refractivity contribution < 1.29 is 24.4 Å². The van der Waals surface area contributed by atoms with Gasteiger partial charge in [0.1, 0.15) is 17.6 Å². The second-order valence-corrected chi connectivity index (χ2v) is 9.03. The number of nitrogens with zero attached hydrogens (tertiary/aromatic N) is 2. The van der Waals surface area contributed by atoms with Crippen LogP contribution in [0.4, 0.5) is 5.69 Å². The van der Waals surface area contributed by atoms with Gasteiger partial charge in [-0.05, 0) is 60.4 Å². The van der Waals surface area contributed by atoms with Crippen LogP contribution < -0.4 is 4.74 Å². The number of Topliss-reactive ketones (excluding diaryl/α,β-unsaturated/α-hetero) is 1. The molecular weight excluding hydrogens is 460 g/mol. The number of non-ortho nitro benzene ring substituents is 1. The summed E-state index contributed by atoms with van der Waals surface area (Å²) in [6.45, 7) is 2.19. The lowest BCUT2D eigenvalue weighted by Gasteiger charge is -2.25. The van der Waals surface area contributed by atoms with Crippen molar-refractivity contribution in [3.63, 3.8) is 0 Å². The van der Waals surface area contributed by atoms with Crippen LogP contribution in [0.2, 0.25) is 0 Å². The Balaban J connectivity index is 1.57. The van der Waals surface area contributed by atoms with E-state index in [1.165, 1.54) is 29.2 Å². The number of hydrogen-bond acceptors (Lipinski definition) is 6. The van der Waals surface area contributed by atoms with E-state index in [9.17, 15) is 24.8 Å². The smallest absolute Gasteiger partial charge is 0.295 e. The zero-order valence-electron chi connectivity index (χ0n) is 19.6. The van der Waals surface area contributed by atoms with Crippen molar-refractivity contribution in [2.24, 2.45) is 0 Å². The highest BCUT2D eigenvalue weighted by atomic mass is 16.6. The number of carbonyl (C=O) groups is 2. The number of likely N-dealkylation sites (tertiary alicyclic amines) is 1. The molecule has 1 N–H and O–H groups in total. The van der Waals surface area contributed by atoms with Crippen molar-refractivity contribution in [1.82, 2.24) is 4.90 Å². The van der Waals surface area contributed by atoms with Crippen molar-refractivity contribution in [1.29, 1.82) is 0 Å². The first-order chi connectivity index (χ1) is 17.3. The molecule has 8 nitrogen and oxygen atoms in total. The molecule has 2 unspecified atom stereocenters. The van der Waals surface area contributed by atoms with Crippen LogP contribution in [-0.4, -0.2) is 39.3 Å². The molecule has 2 aliphatic rings. The lowest BCUT2D eigenvalue weighted by atomic mass is 9.94. The summed E-state index contributed by atoms with van der Waals surface area (Å²) in [5.41, 5.74) is 2.69. The lowest BCUT2D eigenvalue weighted by Crippen LogP contribution is -2.31. The fourth-order valence-corrected chi connectivity index (χ4v) is 4.85. The Kier molecular flexibility index (Phi) is 6.01. The third-order valence-corrected chi connectivity index (χ3v) is 6.61. The molecule has 0 bridgehead atoms. The number of fused-ring (bicyclic) bond motifs is 1. The molecule has 1 amide bonds. The Labute approximate surface area is 207 Å². The number of aliphatic hydroxyl groups excluding tert-OH is 1. The van der Waals surface area contributed by atoms with Gasteiger partial charge < -0.3 is 14.7 Å². The molecule has 1 saturated heterocycles. The predicted octanol–water partition coefficient (Wildman–Crippen LogP) is 4.58. The highest BCUT2D eigenvalue weighted by molar-refractivity contribution is 6.46. The zero-order valence-corrected chi connectivity index (χ0v) is 19.6. The molecule has 2 aliphatic heterocycles. The van der Waals surface area contributed by atoms with Crippen LogP contribution in [0.15, 0.2) is 78.4 Å². The van der Waals surface area contributed by atoms with Gasteiger partial charge in [0, 0.05) is 30.7 Å². The van der Waals surface area contributed by atoms with E-state index in [0.29, 0.717) is 24.0 Å². The Bertz CT molecular complexity index is 1380. The summed E-state index contributed by atoms with van der Waals surface area (Å²) in [5, 5.41) is 22.5. The number of nitro benzene ring substituents is 1. The van der Waals surface area contributed by atoms with Gasteiger partial charge in [-0.1, -0.05) is 30.3 Å². The number of benzene rings is 3. The third-order valence-electron chi connectivity index (χ3n) is 6.61. The molecule has 3 aromatic carbocycles. The maximum Gasteiger partial charge on any atom is 0.295 e. The molecule has 0 radical (unpaired) electrons. The predicted molar refractivity (Wildman–Crippen MR) is 132 cm³/mol. The summed E-state index contributed by atoms with van der Waals surface area (Å²) in [6, 6.07) is 19.6. The molecule has 5 rings (SSSR count). The van der Waals surface area contributed by atoms with Gasteiger partial charge >= 0.3 is 0 Å². The SMILES string of the molecule is CC1Cc2cc(C(O)=C3C(=O)C(=O)N(CCc4ccccc4)C3c3ccc([N+](=O)[O-])cc3)ccc2O1. The number of ether oxygens (including phenoxy) is 1. The van der Waals surface area contributed by atoms with E-state index < -0.39 is 22.7 Å². The number of aliphatic hydroxyl groups is 1. The summed E-state index contributed by atoms with van der Waals surface area (Å²) in [4.78, 5) is 38.5. The molecular formula is C28H24N2O6. The minimum atomic E-state index is -0.877. The second kappa shape index (κ2) is 9.30. The number of nitro groups is 1.